The summed E-state index contributed by atoms with van der Waals surface area (Å²) < 4.78 is 0. The molecule has 0 amide bonds. The maximum atomic E-state index is 4.72. The first-order chi connectivity index (χ1) is 13.2. The zero-order chi connectivity index (χ0) is 19.5. The molecule has 0 aliphatic heterocycles. The van der Waals surface area contributed by atoms with Gasteiger partial charge in [0.2, 0.25) is 0 Å². The number of guanidine groups is 1. The van der Waals surface area contributed by atoms with Crippen molar-refractivity contribution >= 4 is 17.3 Å². The lowest BCUT2D eigenvalue weighted by Crippen LogP contribution is -2.42. The Balaban J connectivity index is 1.76. The second kappa shape index (κ2) is 11.7. The molecule has 0 bridgehead atoms. The van der Waals surface area contributed by atoms with Crippen LogP contribution in [0.4, 0.5) is 0 Å². The van der Waals surface area contributed by atoms with Crippen LogP contribution in [0.5, 0.6) is 0 Å². The van der Waals surface area contributed by atoms with Gasteiger partial charge in [0.1, 0.15) is 5.01 Å². The highest BCUT2D eigenvalue weighted by atomic mass is 32.1. The van der Waals surface area contributed by atoms with Crippen molar-refractivity contribution in [2.24, 2.45) is 4.99 Å². The van der Waals surface area contributed by atoms with Crippen LogP contribution in [0.1, 0.15) is 39.3 Å². The third-order valence-electron chi connectivity index (χ3n) is 4.62. The molecule has 6 heteroatoms. The predicted octanol–water partition coefficient (Wildman–Crippen LogP) is 3.99. The molecule has 1 aromatic carbocycles. The number of rotatable bonds is 10. The smallest absolute Gasteiger partial charge is 0.191 e. The van der Waals surface area contributed by atoms with Crippen molar-refractivity contribution in [2.45, 2.75) is 46.2 Å². The molecule has 0 saturated heterocycles. The maximum absolute atomic E-state index is 4.72. The summed E-state index contributed by atoms with van der Waals surface area (Å²) in [5.41, 5.74) is 2.20. The van der Waals surface area contributed by atoms with Crippen LogP contribution < -0.4 is 10.6 Å². The molecule has 0 aliphatic rings. The van der Waals surface area contributed by atoms with Crippen molar-refractivity contribution in [3.8, 4) is 10.6 Å². The van der Waals surface area contributed by atoms with Crippen molar-refractivity contribution in [1.82, 2.24) is 20.5 Å². The number of thiazole rings is 1. The Morgan fingerprint density at radius 3 is 2.63 bits per heavy atom. The second-order valence-corrected chi connectivity index (χ2v) is 7.51. The third-order valence-corrected chi connectivity index (χ3v) is 5.56. The van der Waals surface area contributed by atoms with E-state index in [1.54, 1.807) is 11.3 Å². The van der Waals surface area contributed by atoms with E-state index in [0.717, 1.165) is 48.3 Å². The quantitative estimate of drug-likeness (QED) is 0.478. The highest BCUT2D eigenvalue weighted by Gasteiger charge is 2.08. The average molecular weight is 388 g/mol. The molecular weight excluding hydrogens is 354 g/mol. The Morgan fingerprint density at radius 1 is 1.22 bits per heavy atom. The van der Waals surface area contributed by atoms with Crippen LogP contribution in [0.15, 0.2) is 40.7 Å². The fourth-order valence-corrected chi connectivity index (χ4v) is 3.76. The van der Waals surface area contributed by atoms with Gasteiger partial charge < -0.3 is 15.5 Å². The van der Waals surface area contributed by atoms with E-state index < -0.39 is 0 Å². The first-order valence-electron chi connectivity index (χ1n) is 9.85. The van der Waals surface area contributed by atoms with Crippen molar-refractivity contribution in [2.75, 3.05) is 26.7 Å². The van der Waals surface area contributed by atoms with Crippen molar-refractivity contribution in [1.29, 1.82) is 0 Å². The van der Waals surface area contributed by atoms with Crippen LogP contribution in [-0.4, -0.2) is 48.6 Å². The standard InChI is InChI=1S/C21H33N5S/c1-5-26(6-2)14-10-11-17(3)24-21(22-4)23-15-19-16-27-20(25-19)18-12-8-7-9-13-18/h7-9,12-13,16-17H,5-6,10-11,14-15H2,1-4H3,(H2,22,23,24). The number of nitrogens with zero attached hydrogens (tertiary/aromatic N) is 3. The maximum Gasteiger partial charge on any atom is 0.191 e. The lowest BCUT2D eigenvalue weighted by atomic mass is 10.2. The third kappa shape index (κ3) is 7.31. The summed E-state index contributed by atoms with van der Waals surface area (Å²) in [7, 11) is 1.81. The monoisotopic (exact) mass is 387 g/mol. The van der Waals surface area contributed by atoms with Gasteiger partial charge in [-0.05, 0) is 39.4 Å². The lowest BCUT2D eigenvalue weighted by Gasteiger charge is -2.21. The second-order valence-electron chi connectivity index (χ2n) is 6.65. The van der Waals surface area contributed by atoms with Crippen molar-refractivity contribution < 1.29 is 0 Å². The lowest BCUT2D eigenvalue weighted by molar-refractivity contribution is 0.292. The average Bonchev–Trinajstić information content (AvgIpc) is 3.18. The SMILES string of the molecule is CCN(CC)CCCC(C)NC(=NC)NCc1csc(-c2ccccc2)n1. The number of hydrogen-bond acceptors (Lipinski definition) is 4. The first-order valence-corrected chi connectivity index (χ1v) is 10.7. The topological polar surface area (TPSA) is 52.5 Å². The van der Waals surface area contributed by atoms with E-state index >= 15 is 0 Å². The normalized spacial score (nSPS) is 13.0. The van der Waals surface area contributed by atoms with Crippen LogP contribution in [-0.2, 0) is 6.54 Å². The Bertz CT molecular complexity index is 679. The number of aliphatic imine (C=N–C) groups is 1. The summed E-state index contributed by atoms with van der Waals surface area (Å²) >= 11 is 1.68. The van der Waals surface area contributed by atoms with Crippen LogP contribution in [0, 0.1) is 0 Å². The summed E-state index contributed by atoms with van der Waals surface area (Å²) in [6.07, 6.45) is 2.32. The fraction of sp³-hybridized carbons (Fsp3) is 0.524. The van der Waals surface area contributed by atoms with E-state index in [0.29, 0.717) is 12.6 Å². The molecule has 2 N–H and O–H groups in total. The number of hydrogen-bond donors (Lipinski definition) is 2. The minimum absolute atomic E-state index is 0.391. The molecule has 0 spiro atoms. The van der Waals surface area contributed by atoms with Gasteiger partial charge in [0.25, 0.3) is 0 Å². The Morgan fingerprint density at radius 2 is 1.96 bits per heavy atom. The molecule has 5 nitrogen and oxygen atoms in total. The molecule has 1 aromatic heterocycles. The molecule has 1 heterocycles. The fourth-order valence-electron chi connectivity index (χ4n) is 2.94. The van der Waals surface area contributed by atoms with E-state index in [4.69, 9.17) is 4.98 Å². The molecule has 0 radical (unpaired) electrons. The number of nitrogens with one attached hydrogen (secondary N) is 2. The van der Waals surface area contributed by atoms with Crippen LogP contribution in [0.25, 0.3) is 10.6 Å². The summed E-state index contributed by atoms with van der Waals surface area (Å²) in [6, 6.07) is 10.7. The predicted molar refractivity (Wildman–Crippen MR) is 117 cm³/mol. The Hall–Kier alpha value is -1.92. The molecule has 1 atom stereocenters. The molecule has 0 saturated carbocycles. The summed E-state index contributed by atoms with van der Waals surface area (Å²) in [5.74, 6) is 0.833. The van der Waals surface area contributed by atoms with E-state index in [1.807, 2.05) is 25.2 Å². The van der Waals surface area contributed by atoms with E-state index in [2.05, 4.69) is 58.8 Å². The number of aromatic nitrogens is 1. The number of benzene rings is 1. The van der Waals surface area contributed by atoms with E-state index in [1.165, 1.54) is 6.42 Å². The molecular formula is C21H33N5S. The minimum Gasteiger partial charge on any atom is -0.354 e. The summed E-state index contributed by atoms with van der Waals surface area (Å²) in [4.78, 5) is 11.5. The van der Waals surface area contributed by atoms with Crippen molar-refractivity contribution in [3.63, 3.8) is 0 Å². The minimum atomic E-state index is 0.391. The zero-order valence-electron chi connectivity index (χ0n) is 17.0. The van der Waals surface area contributed by atoms with Gasteiger partial charge in [0.15, 0.2) is 5.96 Å². The van der Waals surface area contributed by atoms with Crippen LogP contribution in [0.3, 0.4) is 0 Å². The Labute approximate surface area is 167 Å². The van der Waals surface area contributed by atoms with Crippen LogP contribution in [0.2, 0.25) is 0 Å². The molecule has 148 valence electrons. The molecule has 1 unspecified atom stereocenters. The first kappa shape index (κ1) is 21.4. The zero-order valence-corrected chi connectivity index (χ0v) is 17.9. The van der Waals surface area contributed by atoms with E-state index in [-0.39, 0.29) is 0 Å². The van der Waals surface area contributed by atoms with Gasteiger partial charge in [-0.2, -0.15) is 0 Å². The molecule has 2 rings (SSSR count). The molecule has 0 fully saturated rings. The largest absolute Gasteiger partial charge is 0.354 e. The molecule has 0 aliphatic carbocycles. The summed E-state index contributed by atoms with van der Waals surface area (Å²) in [6.45, 7) is 10.7. The highest BCUT2D eigenvalue weighted by molar-refractivity contribution is 7.13. The summed E-state index contributed by atoms with van der Waals surface area (Å²) in [5, 5.41) is 10.0. The van der Waals surface area contributed by atoms with Gasteiger partial charge >= 0.3 is 0 Å². The van der Waals surface area contributed by atoms with Gasteiger partial charge in [-0.15, -0.1) is 11.3 Å². The molecule has 2 aromatic rings. The van der Waals surface area contributed by atoms with Gasteiger partial charge in [-0.3, -0.25) is 4.99 Å². The van der Waals surface area contributed by atoms with Gasteiger partial charge in [0.05, 0.1) is 12.2 Å². The van der Waals surface area contributed by atoms with Gasteiger partial charge in [0, 0.05) is 24.0 Å². The van der Waals surface area contributed by atoms with Gasteiger partial charge in [-0.1, -0.05) is 44.2 Å². The highest BCUT2D eigenvalue weighted by Crippen LogP contribution is 2.23. The molecule has 27 heavy (non-hydrogen) atoms. The van der Waals surface area contributed by atoms with E-state index in [9.17, 15) is 0 Å². The van der Waals surface area contributed by atoms with Crippen LogP contribution >= 0.6 is 11.3 Å². The van der Waals surface area contributed by atoms with Crippen molar-refractivity contribution in [3.05, 3.63) is 41.4 Å². The van der Waals surface area contributed by atoms with Gasteiger partial charge in [-0.25, -0.2) is 4.98 Å². The Kier molecular flexibility index (Phi) is 9.28.